The highest BCUT2D eigenvalue weighted by atomic mass is 32.1. The molecule has 0 amide bonds. The maximum atomic E-state index is 13.7. The summed E-state index contributed by atoms with van der Waals surface area (Å²) in [6.45, 7) is 0. The number of hydrogen-bond acceptors (Lipinski definition) is 5. The van der Waals surface area contributed by atoms with Gasteiger partial charge >= 0.3 is 0 Å². The summed E-state index contributed by atoms with van der Waals surface area (Å²) in [4.78, 5) is 0.992. The van der Waals surface area contributed by atoms with E-state index in [4.69, 9.17) is 15.3 Å². The Hall–Kier alpha value is -1.63. The molecule has 2 rings (SSSR count). The van der Waals surface area contributed by atoms with Crippen LogP contribution in [-0.2, 0) is 6.42 Å². The van der Waals surface area contributed by atoms with Crippen molar-refractivity contribution in [2.45, 2.75) is 12.5 Å². The van der Waals surface area contributed by atoms with Crippen LogP contribution in [0.2, 0.25) is 0 Å². The van der Waals surface area contributed by atoms with Crippen LogP contribution < -0.4 is 20.7 Å². The molecule has 1 atom stereocenters. The number of benzene rings is 1. The van der Waals surface area contributed by atoms with Gasteiger partial charge in [0, 0.05) is 0 Å². The summed E-state index contributed by atoms with van der Waals surface area (Å²) in [6.07, 6.45) is 0.564. The molecule has 0 aliphatic carbocycles. The van der Waals surface area contributed by atoms with E-state index >= 15 is 0 Å². The summed E-state index contributed by atoms with van der Waals surface area (Å²) >= 11 is 1.55. The molecule has 6 heteroatoms. The molecular formula is C14H17FN2O2S. The zero-order chi connectivity index (χ0) is 14.5. The van der Waals surface area contributed by atoms with Gasteiger partial charge in [0.05, 0.1) is 25.1 Å². The van der Waals surface area contributed by atoms with E-state index in [2.05, 4.69) is 5.43 Å². The maximum absolute atomic E-state index is 13.7. The minimum Gasteiger partial charge on any atom is -0.496 e. The van der Waals surface area contributed by atoms with Gasteiger partial charge < -0.3 is 9.47 Å². The molecule has 108 valence electrons. The lowest BCUT2D eigenvalue weighted by Gasteiger charge is -2.16. The van der Waals surface area contributed by atoms with Crippen LogP contribution in [0.3, 0.4) is 0 Å². The van der Waals surface area contributed by atoms with Crippen LogP contribution >= 0.6 is 11.3 Å². The minimum atomic E-state index is -0.376. The molecule has 2 aromatic rings. The Morgan fingerprint density at radius 3 is 2.60 bits per heavy atom. The predicted molar refractivity (Wildman–Crippen MR) is 77.6 cm³/mol. The molecule has 1 unspecified atom stereocenters. The molecule has 0 radical (unpaired) electrons. The topological polar surface area (TPSA) is 56.5 Å². The first-order valence-electron chi connectivity index (χ1n) is 6.09. The highest BCUT2D eigenvalue weighted by molar-refractivity contribution is 7.10. The van der Waals surface area contributed by atoms with Gasteiger partial charge in [-0.3, -0.25) is 11.3 Å². The Morgan fingerprint density at radius 1 is 1.25 bits per heavy atom. The zero-order valence-corrected chi connectivity index (χ0v) is 12.2. The van der Waals surface area contributed by atoms with Gasteiger partial charge in [0.1, 0.15) is 5.75 Å². The van der Waals surface area contributed by atoms with Gasteiger partial charge in [0.15, 0.2) is 11.6 Å². The number of hydrogen-bond donors (Lipinski definition) is 2. The average molecular weight is 296 g/mol. The fourth-order valence-corrected chi connectivity index (χ4v) is 2.95. The molecule has 0 saturated carbocycles. The third-order valence-corrected chi connectivity index (χ3v) is 4.06. The Morgan fingerprint density at radius 2 is 2.00 bits per heavy atom. The minimum absolute atomic E-state index is 0.127. The lowest BCUT2D eigenvalue weighted by Crippen LogP contribution is -2.29. The van der Waals surface area contributed by atoms with Crippen LogP contribution in [0, 0.1) is 5.82 Å². The third-order valence-electron chi connectivity index (χ3n) is 3.05. The van der Waals surface area contributed by atoms with Crippen molar-refractivity contribution in [3.05, 3.63) is 45.9 Å². The SMILES string of the molecule is COc1ccc(CC(NN)c2sccc2OC)cc1F. The van der Waals surface area contributed by atoms with Crippen molar-refractivity contribution < 1.29 is 13.9 Å². The molecule has 3 N–H and O–H groups in total. The molecule has 0 saturated heterocycles. The molecule has 1 aromatic heterocycles. The van der Waals surface area contributed by atoms with Crippen molar-refractivity contribution in [2.24, 2.45) is 5.84 Å². The molecule has 20 heavy (non-hydrogen) atoms. The lowest BCUT2D eigenvalue weighted by molar-refractivity contribution is 0.385. The Labute approximate surface area is 121 Å². The number of rotatable bonds is 6. The fourth-order valence-electron chi connectivity index (χ4n) is 2.03. The fraction of sp³-hybridized carbons (Fsp3) is 0.286. The van der Waals surface area contributed by atoms with Crippen LogP contribution in [0.5, 0.6) is 11.5 Å². The quantitative estimate of drug-likeness (QED) is 0.635. The van der Waals surface area contributed by atoms with Crippen LogP contribution in [0.1, 0.15) is 16.5 Å². The standard InChI is InChI=1S/C14H17FN2O2S/c1-18-12-4-3-9(7-10(12)15)8-11(17-16)14-13(19-2)5-6-20-14/h3-7,11,17H,8,16H2,1-2H3. The summed E-state index contributed by atoms with van der Waals surface area (Å²) in [5.74, 6) is 6.26. The number of thiophene rings is 1. The number of hydrazine groups is 1. The molecule has 0 bridgehead atoms. The van der Waals surface area contributed by atoms with Crippen LogP contribution in [-0.4, -0.2) is 14.2 Å². The number of ether oxygens (including phenoxy) is 2. The first-order chi connectivity index (χ1) is 9.69. The largest absolute Gasteiger partial charge is 0.496 e. The summed E-state index contributed by atoms with van der Waals surface area (Å²) in [7, 11) is 3.06. The first-order valence-corrected chi connectivity index (χ1v) is 6.97. The number of methoxy groups -OCH3 is 2. The number of halogens is 1. The van der Waals surface area contributed by atoms with Gasteiger partial charge in [-0.25, -0.2) is 4.39 Å². The molecule has 0 spiro atoms. The second-order valence-electron chi connectivity index (χ2n) is 4.25. The molecular weight excluding hydrogens is 279 g/mol. The van der Waals surface area contributed by atoms with Gasteiger partial charge in [-0.15, -0.1) is 11.3 Å². The molecule has 0 aliphatic heterocycles. The molecule has 4 nitrogen and oxygen atoms in total. The average Bonchev–Trinajstić information content (AvgIpc) is 2.93. The highest BCUT2D eigenvalue weighted by Gasteiger charge is 2.17. The normalized spacial score (nSPS) is 12.2. The Bertz CT molecular complexity index is 574. The zero-order valence-electron chi connectivity index (χ0n) is 11.4. The number of nitrogens with one attached hydrogen (secondary N) is 1. The van der Waals surface area contributed by atoms with Crippen LogP contribution in [0.4, 0.5) is 4.39 Å². The molecule has 0 aliphatic rings. The van der Waals surface area contributed by atoms with E-state index in [0.29, 0.717) is 6.42 Å². The van der Waals surface area contributed by atoms with Gasteiger partial charge in [-0.2, -0.15) is 0 Å². The van der Waals surface area contributed by atoms with Crippen molar-refractivity contribution in [1.82, 2.24) is 5.43 Å². The van der Waals surface area contributed by atoms with Crippen molar-refractivity contribution in [3.63, 3.8) is 0 Å². The van der Waals surface area contributed by atoms with Crippen molar-refractivity contribution in [2.75, 3.05) is 14.2 Å². The van der Waals surface area contributed by atoms with Crippen LogP contribution in [0.25, 0.3) is 0 Å². The summed E-state index contributed by atoms with van der Waals surface area (Å²) < 4.78 is 23.9. The van der Waals surface area contributed by atoms with E-state index in [1.54, 1.807) is 24.5 Å². The Kier molecular flexibility index (Phi) is 4.94. The van der Waals surface area contributed by atoms with E-state index in [1.807, 2.05) is 17.5 Å². The predicted octanol–water partition coefficient (Wildman–Crippen LogP) is 2.65. The van der Waals surface area contributed by atoms with Gasteiger partial charge in [0.25, 0.3) is 0 Å². The molecule has 1 heterocycles. The summed E-state index contributed by atoms with van der Waals surface area (Å²) in [5, 5.41) is 1.94. The smallest absolute Gasteiger partial charge is 0.165 e. The van der Waals surface area contributed by atoms with Gasteiger partial charge in [0.2, 0.25) is 0 Å². The van der Waals surface area contributed by atoms with E-state index in [1.165, 1.54) is 13.2 Å². The van der Waals surface area contributed by atoms with E-state index < -0.39 is 0 Å². The first kappa shape index (κ1) is 14.8. The third kappa shape index (κ3) is 3.09. The van der Waals surface area contributed by atoms with E-state index in [-0.39, 0.29) is 17.6 Å². The van der Waals surface area contributed by atoms with Crippen molar-refractivity contribution in [1.29, 1.82) is 0 Å². The monoisotopic (exact) mass is 296 g/mol. The molecule has 0 fully saturated rings. The Balaban J connectivity index is 2.20. The van der Waals surface area contributed by atoms with Gasteiger partial charge in [-0.05, 0) is 35.6 Å². The molecule has 1 aromatic carbocycles. The second kappa shape index (κ2) is 6.69. The van der Waals surface area contributed by atoms with E-state index in [0.717, 1.165) is 16.2 Å². The maximum Gasteiger partial charge on any atom is 0.165 e. The van der Waals surface area contributed by atoms with Crippen LogP contribution in [0.15, 0.2) is 29.6 Å². The lowest BCUT2D eigenvalue weighted by atomic mass is 10.0. The summed E-state index contributed by atoms with van der Waals surface area (Å²) in [6, 6.07) is 6.66. The number of nitrogens with two attached hydrogens (primary N) is 1. The summed E-state index contributed by atoms with van der Waals surface area (Å²) in [5.41, 5.74) is 3.59. The van der Waals surface area contributed by atoms with Crippen molar-refractivity contribution in [3.8, 4) is 11.5 Å². The van der Waals surface area contributed by atoms with E-state index in [9.17, 15) is 4.39 Å². The second-order valence-corrected chi connectivity index (χ2v) is 5.19. The highest BCUT2D eigenvalue weighted by Crippen LogP contribution is 2.32. The van der Waals surface area contributed by atoms with Gasteiger partial charge in [-0.1, -0.05) is 6.07 Å². The van der Waals surface area contributed by atoms with Crippen molar-refractivity contribution >= 4 is 11.3 Å².